The van der Waals surface area contributed by atoms with Gasteiger partial charge in [0, 0.05) is 12.6 Å². The number of nitrogens with zero attached hydrogens (tertiary/aromatic N) is 3. The maximum absolute atomic E-state index is 11.7. The minimum Gasteiger partial charge on any atom is -0.343 e. The van der Waals surface area contributed by atoms with Gasteiger partial charge in [0.05, 0.1) is 6.54 Å². The summed E-state index contributed by atoms with van der Waals surface area (Å²) in [5.74, 6) is 0.261. The standard InChI is InChI=1S/C13H15N5O2/c1-9-15-13(18(2)17-9)16-11(19)8-14-12(20)10-6-4-3-5-7-10/h3-7H,8H2,1-2H3,(H,14,20)(H,15,16,17,19). The summed E-state index contributed by atoms with van der Waals surface area (Å²) in [6, 6.07) is 8.70. The Bertz CT molecular complexity index is 621. The molecule has 0 radical (unpaired) electrons. The lowest BCUT2D eigenvalue weighted by atomic mass is 10.2. The van der Waals surface area contributed by atoms with E-state index in [1.54, 1.807) is 38.2 Å². The van der Waals surface area contributed by atoms with E-state index in [0.29, 0.717) is 17.3 Å². The Kier molecular flexibility index (Phi) is 4.09. The molecule has 0 aliphatic carbocycles. The van der Waals surface area contributed by atoms with E-state index in [9.17, 15) is 9.59 Å². The predicted molar refractivity (Wildman–Crippen MR) is 73.1 cm³/mol. The summed E-state index contributed by atoms with van der Waals surface area (Å²) >= 11 is 0. The summed E-state index contributed by atoms with van der Waals surface area (Å²) < 4.78 is 1.46. The van der Waals surface area contributed by atoms with Crippen LogP contribution in [0.2, 0.25) is 0 Å². The Balaban J connectivity index is 1.87. The van der Waals surface area contributed by atoms with Crippen molar-refractivity contribution in [3.8, 4) is 0 Å². The molecule has 104 valence electrons. The number of amides is 2. The Labute approximate surface area is 116 Å². The maximum Gasteiger partial charge on any atom is 0.251 e. The zero-order valence-electron chi connectivity index (χ0n) is 11.3. The minimum atomic E-state index is -0.357. The summed E-state index contributed by atoms with van der Waals surface area (Å²) in [7, 11) is 1.68. The highest BCUT2D eigenvalue weighted by atomic mass is 16.2. The quantitative estimate of drug-likeness (QED) is 0.848. The van der Waals surface area contributed by atoms with Gasteiger partial charge in [0.1, 0.15) is 5.82 Å². The van der Waals surface area contributed by atoms with Crippen molar-refractivity contribution in [3.05, 3.63) is 41.7 Å². The van der Waals surface area contributed by atoms with E-state index in [0.717, 1.165) is 0 Å². The van der Waals surface area contributed by atoms with E-state index in [4.69, 9.17) is 0 Å². The van der Waals surface area contributed by atoms with Crippen LogP contribution >= 0.6 is 0 Å². The van der Waals surface area contributed by atoms with E-state index in [1.807, 2.05) is 6.07 Å². The molecule has 7 nitrogen and oxygen atoms in total. The molecule has 7 heteroatoms. The fourth-order valence-corrected chi connectivity index (χ4v) is 1.64. The minimum absolute atomic E-state index is 0.125. The summed E-state index contributed by atoms with van der Waals surface area (Å²) in [5, 5.41) is 9.12. The van der Waals surface area contributed by atoms with Crippen molar-refractivity contribution in [2.24, 2.45) is 7.05 Å². The molecule has 1 heterocycles. The molecule has 1 aromatic heterocycles. The van der Waals surface area contributed by atoms with E-state index in [-0.39, 0.29) is 18.4 Å². The molecule has 1 aromatic carbocycles. The van der Waals surface area contributed by atoms with Gasteiger partial charge in [0.2, 0.25) is 11.9 Å². The normalized spacial score (nSPS) is 10.1. The highest BCUT2D eigenvalue weighted by Crippen LogP contribution is 2.01. The van der Waals surface area contributed by atoms with Gasteiger partial charge in [-0.25, -0.2) is 4.68 Å². The summed E-state index contributed by atoms with van der Waals surface area (Å²) in [6.07, 6.45) is 0. The molecule has 0 fully saturated rings. The molecule has 0 atom stereocenters. The van der Waals surface area contributed by atoms with Gasteiger partial charge in [-0.3, -0.25) is 14.9 Å². The first-order chi connectivity index (χ1) is 9.56. The number of anilines is 1. The maximum atomic E-state index is 11.7. The number of nitrogens with one attached hydrogen (secondary N) is 2. The van der Waals surface area contributed by atoms with Gasteiger partial charge >= 0.3 is 0 Å². The molecule has 0 bridgehead atoms. The molecule has 2 N–H and O–H groups in total. The first-order valence-electron chi connectivity index (χ1n) is 6.07. The van der Waals surface area contributed by atoms with E-state index in [2.05, 4.69) is 20.7 Å². The third-order valence-corrected chi connectivity index (χ3v) is 2.57. The van der Waals surface area contributed by atoms with Crippen LogP contribution in [0.3, 0.4) is 0 Å². The first kappa shape index (κ1) is 13.7. The molecule has 0 unspecified atom stereocenters. The van der Waals surface area contributed by atoms with Gasteiger partial charge in [-0.1, -0.05) is 18.2 Å². The van der Waals surface area contributed by atoms with E-state index in [1.165, 1.54) is 4.68 Å². The van der Waals surface area contributed by atoms with Crippen LogP contribution < -0.4 is 10.6 Å². The highest BCUT2D eigenvalue weighted by Gasteiger charge is 2.10. The van der Waals surface area contributed by atoms with Gasteiger partial charge in [-0.15, -0.1) is 0 Å². The van der Waals surface area contributed by atoms with Crippen LogP contribution in [0.25, 0.3) is 0 Å². The van der Waals surface area contributed by atoms with E-state index >= 15 is 0 Å². The summed E-state index contributed by atoms with van der Waals surface area (Å²) in [5.41, 5.74) is 0.509. The Morgan fingerprint density at radius 1 is 1.25 bits per heavy atom. The van der Waals surface area contributed by atoms with Crippen LogP contribution in [0.4, 0.5) is 5.95 Å². The van der Waals surface area contributed by atoms with Crippen LogP contribution in [0, 0.1) is 6.92 Å². The molecule has 0 aliphatic heterocycles. The fourth-order valence-electron chi connectivity index (χ4n) is 1.64. The molecule has 2 aromatic rings. The molecule has 0 spiro atoms. The lowest BCUT2D eigenvalue weighted by Gasteiger charge is -2.06. The van der Waals surface area contributed by atoms with Crippen molar-refractivity contribution < 1.29 is 9.59 Å². The average Bonchev–Trinajstić information content (AvgIpc) is 2.75. The SMILES string of the molecule is Cc1nc(NC(=O)CNC(=O)c2ccccc2)n(C)n1. The number of rotatable bonds is 4. The third-order valence-electron chi connectivity index (χ3n) is 2.57. The number of carbonyl (C=O) groups excluding carboxylic acids is 2. The monoisotopic (exact) mass is 273 g/mol. The topological polar surface area (TPSA) is 88.9 Å². The van der Waals surface area contributed by atoms with Crippen LogP contribution in [-0.2, 0) is 11.8 Å². The van der Waals surface area contributed by atoms with Gasteiger partial charge in [-0.2, -0.15) is 10.1 Å². The highest BCUT2D eigenvalue weighted by molar-refractivity contribution is 5.98. The van der Waals surface area contributed by atoms with Crippen molar-refractivity contribution in [2.75, 3.05) is 11.9 Å². The van der Waals surface area contributed by atoms with Crippen molar-refractivity contribution >= 4 is 17.8 Å². The van der Waals surface area contributed by atoms with Gasteiger partial charge in [0.25, 0.3) is 5.91 Å². The Hall–Kier alpha value is -2.70. The molecule has 2 amide bonds. The van der Waals surface area contributed by atoms with Crippen molar-refractivity contribution in [1.29, 1.82) is 0 Å². The van der Waals surface area contributed by atoms with Gasteiger partial charge in [-0.05, 0) is 19.1 Å². The van der Waals surface area contributed by atoms with Crippen LogP contribution in [0.5, 0.6) is 0 Å². The largest absolute Gasteiger partial charge is 0.343 e. The van der Waals surface area contributed by atoms with Crippen LogP contribution in [0.15, 0.2) is 30.3 Å². The van der Waals surface area contributed by atoms with Crippen molar-refractivity contribution in [1.82, 2.24) is 20.1 Å². The van der Waals surface area contributed by atoms with Crippen LogP contribution in [-0.4, -0.2) is 33.1 Å². The number of aromatic nitrogens is 3. The molecular weight excluding hydrogens is 258 g/mol. The Morgan fingerprint density at radius 3 is 2.55 bits per heavy atom. The third kappa shape index (κ3) is 3.41. The fraction of sp³-hybridized carbons (Fsp3) is 0.231. The Morgan fingerprint density at radius 2 is 1.95 bits per heavy atom. The average molecular weight is 273 g/mol. The number of aryl methyl sites for hydroxylation is 2. The molecule has 0 saturated heterocycles. The molecule has 20 heavy (non-hydrogen) atoms. The van der Waals surface area contributed by atoms with Crippen molar-refractivity contribution in [3.63, 3.8) is 0 Å². The second-order valence-corrected chi connectivity index (χ2v) is 4.20. The van der Waals surface area contributed by atoms with Crippen molar-refractivity contribution in [2.45, 2.75) is 6.92 Å². The lowest BCUT2D eigenvalue weighted by molar-refractivity contribution is -0.115. The molecule has 2 rings (SSSR count). The zero-order valence-corrected chi connectivity index (χ0v) is 11.3. The summed E-state index contributed by atoms with van der Waals surface area (Å²) in [6.45, 7) is 1.60. The number of carbonyl (C=O) groups is 2. The molecule has 0 aliphatic rings. The zero-order chi connectivity index (χ0) is 14.5. The number of hydrogen-bond acceptors (Lipinski definition) is 4. The second kappa shape index (κ2) is 5.96. The van der Waals surface area contributed by atoms with Gasteiger partial charge in [0.15, 0.2) is 0 Å². The predicted octanol–water partition coefficient (Wildman–Crippen LogP) is 0.492. The number of benzene rings is 1. The number of hydrogen-bond donors (Lipinski definition) is 2. The van der Waals surface area contributed by atoms with Gasteiger partial charge < -0.3 is 5.32 Å². The van der Waals surface area contributed by atoms with Crippen LogP contribution in [0.1, 0.15) is 16.2 Å². The summed E-state index contributed by atoms with van der Waals surface area (Å²) in [4.78, 5) is 27.5. The first-order valence-corrected chi connectivity index (χ1v) is 6.07. The second-order valence-electron chi connectivity index (χ2n) is 4.20. The smallest absolute Gasteiger partial charge is 0.251 e. The lowest BCUT2D eigenvalue weighted by Crippen LogP contribution is -2.33. The van der Waals surface area contributed by atoms with E-state index < -0.39 is 0 Å². The molecule has 0 saturated carbocycles. The molecular formula is C13H15N5O2.